The molecule has 0 bridgehead atoms. The van der Waals surface area contributed by atoms with E-state index in [1.54, 1.807) is 24.3 Å². The van der Waals surface area contributed by atoms with Crippen LogP contribution in [0.3, 0.4) is 0 Å². The number of aromatic nitrogens is 1. The summed E-state index contributed by atoms with van der Waals surface area (Å²) in [6, 6.07) is 22.4. The van der Waals surface area contributed by atoms with Gasteiger partial charge >= 0.3 is 0 Å². The molecule has 1 N–H and O–H groups in total. The highest BCUT2D eigenvalue weighted by Crippen LogP contribution is 2.29. The number of rotatable bonds is 4. The monoisotopic (exact) mass is 424 g/mol. The number of benzene rings is 3. The van der Waals surface area contributed by atoms with E-state index in [-0.39, 0.29) is 5.91 Å². The Balaban J connectivity index is 1.47. The molecule has 0 saturated heterocycles. The zero-order valence-electron chi connectivity index (χ0n) is 13.5. The number of nitrogens with one attached hydrogen (secondary N) is 1. The van der Waals surface area contributed by atoms with Gasteiger partial charge in [-0.3, -0.25) is 10.1 Å². The number of nitrogens with zero attached hydrogens (tertiary/aromatic N) is 1. The van der Waals surface area contributed by atoms with Gasteiger partial charge in [0.2, 0.25) is 0 Å². The second kappa shape index (κ2) is 7.27. The van der Waals surface area contributed by atoms with Crippen LogP contribution in [0.15, 0.2) is 77.3 Å². The van der Waals surface area contributed by atoms with Gasteiger partial charge in [0.25, 0.3) is 5.91 Å². The summed E-state index contributed by atoms with van der Waals surface area (Å²) in [6.45, 7) is 0. The van der Waals surface area contributed by atoms with E-state index in [2.05, 4.69) is 26.2 Å². The highest BCUT2D eigenvalue weighted by Gasteiger charge is 2.10. The first kappa shape index (κ1) is 16.8. The zero-order valence-corrected chi connectivity index (χ0v) is 15.9. The fourth-order valence-electron chi connectivity index (χ4n) is 2.42. The molecular weight excluding hydrogens is 412 g/mol. The SMILES string of the molecule is O=C(Nc1nc2ccc(Br)cc2s1)c1ccc(Oc2ccccc2)cc1. The van der Waals surface area contributed by atoms with E-state index >= 15 is 0 Å². The molecule has 6 heteroatoms. The summed E-state index contributed by atoms with van der Waals surface area (Å²) in [5, 5.41) is 3.43. The number of hydrogen-bond acceptors (Lipinski definition) is 4. The summed E-state index contributed by atoms with van der Waals surface area (Å²) in [5.74, 6) is 1.23. The lowest BCUT2D eigenvalue weighted by Crippen LogP contribution is -2.11. The number of para-hydroxylation sites is 1. The second-order valence-electron chi connectivity index (χ2n) is 5.52. The van der Waals surface area contributed by atoms with Gasteiger partial charge in [-0.15, -0.1) is 0 Å². The van der Waals surface area contributed by atoms with Gasteiger partial charge in [-0.05, 0) is 54.6 Å². The molecule has 1 heterocycles. The predicted molar refractivity (Wildman–Crippen MR) is 108 cm³/mol. The first-order chi connectivity index (χ1) is 12.7. The molecule has 0 aliphatic heterocycles. The molecule has 4 nitrogen and oxygen atoms in total. The van der Waals surface area contributed by atoms with E-state index in [1.807, 2.05) is 48.5 Å². The third-order valence-corrected chi connectivity index (χ3v) is 5.09. The Morgan fingerprint density at radius 1 is 0.962 bits per heavy atom. The average molecular weight is 425 g/mol. The molecule has 0 aliphatic rings. The topological polar surface area (TPSA) is 51.2 Å². The van der Waals surface area contributed by atoms with E-state index in [1.165, 1.54) is 11.3 Å². The summed E-state index contributed by atoms with van der Waals surface area (Å²) in [4.78, 5) is 16.9. The summed E-state index contributed by atoms with van der Waals surface area (Å²) in [5.41, 5.74) is 1.41. The molecule has 26 heavy (non-hydrogen) atoms. The van der Waals surface area contributed by atoms with E-state index in [9.17, 15) is 4.79 Å². The van der Waals surface area contributed by atoms with Crippen molar-refractivity contribution in [2.75, 3.05) is 5.32 Å². The first-order valence-corrected chi connectivity index (χ1v) is 9.49. The molecule has 0 unspecified atom stereocenters. The zero-order chi connectivity index (χ0) is 17.9. The number of anilines is 1. The van der Waals surface area contributed by atoms with Gasteiger partial charge in [-0.25, -0.2) is 4.98 Å². The Bertz CT molecular complexity index is 1060. The summed E-state index contributed by atoms with van der Waals surface area (Å²) >= 11 is 4.88. The van der Waals surface area contributed by atoms with Crippen LogP contribution >= 0.6 is 27.3 Å². The number of carbonyl (C=O) groups is 1. The molecule has 4 rings (SSSR count). The van der Waals surface area contributed by atoms with E-state index in [0.717, 1.165) is 20.4 Å². The quantitative estimate of drug-likeness (QED) is 0.430. The van der Waals surface area contributed by atoms with Crippen molar-refractivity contribution in [3.63, 3.8) is 0 Å². The van der Waals surface area contributed by atoms with Gasteiger partial charge in [-0.2, -0.15) is 0 Å². The Morgan fingerprint density at radius 3 is 2.46 bits per heavy atom. The normalized spacial score (nSPS) is 10.7. The van der Waals surface area contributed by atoms with Crippen molar-refractivity contribution in [2.45, 2.75) is 0 Å². The van der Waals surface area contributed by atoms with Crippen molar-refractivity contribution < 1.29 is 9.53 Å². The van der Waals surface area contributed by atoms with E-state index in [4.69, 9.17) is 4.74 Å². The van der Waals surface area contributed by atoms with Gasteiger partial charge in [0, 0.05) is 10.0 Å². The van der Waals surface area contributed by atoms with Crippen molar-refractivity contribution in [2.24, 2.45) is 0 Å². The second-order valence-corrected chi connectivity index (χ2v) is 7.47. The summed E-state index contributed by atoms with van der Waals surface area (Å²) in [6.07, 6.45) is 0. The summed E-state index contributed by atoms with van der Waals surface area (Å²) in [7, 11) is 0. The van der Waals surface area contributed by atoms with Gasteiger partial charge in [0.05, 0.1) is 10.2 Å². The fraction of sp³-hybridized carbons (Fsp3) is 0. The molecule has 0 spiro atoms. The molecule has 0 aliphatic carbocycles. The molecule has 128 valence electrons. The molecule has 4 aromatic rings. The maximum Gasteiger partial charge on any atom is 0.257 e. The molecule has 0 fully saturated rings. The molecule has 0 saturated carbocycles. The number of carbonyl (C=O) groups excluding carboxylic acids is 1. The predicted octanol–water partition coefficient (Wildman–Crippen LogP) is 6.10. The van der Waals surface area contributed by atoms with Crippen molar-refractivity contribution in [1.29, 1.82) is 0 Å². The highest BCUT2D eigenvalue weighted by molar-refractivity contribution is 9.10. The molecule has 0 radical (unpaired) electrons. The minimum Gasteiger partial charge on any atom is -0.457 e. The number of thiazole rings is 1. The van der Waals surface area contributed by atoms with Crippen LogP contribution in [0.5, 0.6) is 11.5 Å². The maximum absolute atomic E-state index is 12.4. The van der Waals surface area contributed by atoms with Crippen LogP contribution in [-0.4, -0.2) is 10.9 Å². The number of amides is 1. The highest BCUT2D eigenvalue weighted by atomic mass is 79.9. The van der Waals surface area contributed by atoms with Crippen molar-refractivity contribution in [3.05, 3.63) is 82.8 Å². The first-order valence-electron chi connectivity index (χ1n) is 7.88. The Morgan fingerprint density at radius 2 is 1.69 bits per heavy atom. The molecule has 0 atom stereocenters. The Kier molecular flexibility index (Phi) is 4.69. The lowest BCUT2D eigenvalue weighted by molar-refractivity contribution is 0.102. The van der Waals surface area contributed by atoms with Crippen LogP contribution in [0.25, 0.3) is 10.2 Å². The smallest absolute Gasteiger partial charge is 0.257 e. The number of fused-ring (bicyclic) bond motifs is 1. The number of halogens is 1. The van der Waals surface area contributed by atoms with Gasteiger partial charge in [-0.1, -0.05) is 45.5 Å². The van der Waals surface area contributed by atoms with Crippen molar-refractivity contribution in [1.82, 2.24) is 4.98 Å². The lowest BCUT2D eigenvalue weighted by atomic mass is 10.2. The van der Waals surface area contributed by atoms with Crippen molar-refractivity contribution in [3.8, 4) is 11.5 Å². The maximum atomic E-state index is 12.4. The minimum absolute atomic E-state index is 0.200. The number of ether oxygens (including phenoxy) is 1. The Labute approximate surface area is 162 Å². The van der Waals surface area contributed by atoms with Gasteiger partial charge in [0.1, 0.15) is 11.5 Å². The third-order valence-electron chi connectivity index (χ3n) is 3.67. The minimum atomic E-state index is -0.200. The molecule has 1 amide bonds. The van der Waals surface area contributed by atoms with Crippen LogP contribution in [-0.2, 0) is 0 Å². The van der Waals surface area contributed by atoms with Crippen LogP contribution in [0, 0.1) is 0 Å². The third kappa shape index (κ3) is 3.76. The standard InChI is InChI=1S/C20H13BrN2O2S/c21-14-8-11-17-18(12-14)26-20(22-17)23-19(24)13-6-9-16(10-7-13)25-15-4-2-1-3-5-15/h1-12H,(H,22,23,24). The van der Waals surface area contributed by atoms with Crippen LogP contribution in [0.2, 0.25) is 0 Å². The van der Waals surface area contributed by atoms with Gasteiger partial charge in [0.15, 0.2) is 5.13 Å². The van der Waals surface area contributed by atoms with E-state index < -0.39 is 0 Å². The molecular formula is C20H13BrN2O2S. The Hall–Kier alpha value is -2.70. The van der Waals surface area contributed by atoms with Gasteiger partial charge < -0.3 is 4.74 Å². The lowest BCUT2D eigenvalue weighted by Gasteiger charge is -2.06. The average Bonchev–Trinajstić information content (AvgIpc) is 3.04. The van der Waals surface area contributed by atoms with Crippen molar-refractivity contribution >= 4 is 48.5 Å². The fourth-order valence-corrected chi connectivity index (χ4v) is 3.83. The summed E-state index contributed by atoms with van der Waals surface area (Å²) < 4.78 is 7.74. The van der Waals surface area contributed by atoms with Crippen LogP contribution < -0.4 is 10.1 Å². The molecule has 1 aromatic heterocycles. The van der Waals surface area contributed by atoms with E-state index in [0.29, 0.717) is 16.4 Å². The molecule has 3 aromatic carbocycles. The van der Waals surface area contributed by atoms with Crippen LogP contribution in [0.1, 0.15) is 10.4 Å². The number of hydrogen-bond donors (Lipinski definition) is 1. The van der Waals surface area contributed by atoms with Crippen LogP contribution in [0.4, 0.5) is 5.13 Å². The largest absolute Gasteiger partial charge is 0.457 e.